The molecule has 36 heavy (non-hydrogen) atoms. The number of nitrogens with one attached hydrogen (secondary N) is 1. The molecule has 1 atom stereocenters. The molecule has 2 heterocycles. The van der Waals surface area contributed by atoms with E-state index in [2.05, 4.69) is 5.32 Å². The van der Waals surface area contributed by atoms with Crippen molar-refractivity contribution >= 4 is 21.7 Å². The van der Waals surface area contributed by atoms with Gasteiger partial charge in [-0.1, -0.05) is 13.0 Å². The van der Waals surface area contributed by atoms with Gasteiger partial charge in [-0.3, -0.25) is 9.48 Å². The Morgan fingerprint density at radius 1 is 1.22 bits per heavy atom. The lowest BCUT2D eigenvalue weighted by atomic mass is 9.99. The van der Waals surface area contributed by atoms with Gasteiger partial charge in [-0.05, 0) is 70.6 Å². The summed E-state index contributed by atoms with van der Waals surface area (Å²) < 4.78 is 37.8. The molecule has 9 nitrogen and oxygen atoms in total. The van der Waals surface area contributed by atoms with Crippen molar-refractivity contribution in [3.05, 3.63) is 46.8 Å². The smallest absolute Gasteiger partial charge is 0.338 e. The van der Waals surface area contributed by atoms with Crippen molar-refractivity contribution in [3.63, 3.8) is 0 Å². The quantitative estimate of drug-likeness (QED) is 0.532. The maximum absolute atomic E-state index is 12.9. The van der Waals surface area contributed by atoms with Crippen LogP contribution in [0.15, 0.2) is 29.2 Å². The molecule has 1 aromatic carbocycles. The van der Waals surface area contributed by atoms with Gasteiger partial charge >= 0.3 is 5.97 Å². The van der Waals surface area contributed by atoms with E-state index in [9.17, 15) is 18.0 Å². The standard InChI is InChI=1S/C26H37N3O6S/c1-5-29-24-22(11-7-13-34-14-8-12-27-25(24)30)23(28-29)15-19(4)17-35-26(31)20-9-6-10-21(16-20)36(32,33)18(2)3/h6,9-10,16,18-19H,5,7-8,11-15,17H2,1-4H3,(H,27,30)/t19-/m1/s1. The van der Waals surface area contributed by atoms with Gasteiger partial charge < -0.3 is 14.8 Å². The van der Waals surface area contributed by atoms with Crippen LogP contribution in [0, 0.1) is 5.92 Å². The summed E-state index contributed by atoms with van der Waals surface area (Å²) in [5, 5.41) is 7.10. The number of hydrogen-bond acceptors (Lipinski definition) is 7. The lowest BCUT2D eigenvalue weighted by Gasteiger charge is -2.13. The zero-order valence-electron chi connectivity index (χ0n) is 21.6. The largest absolute Gasteiger partial charge is 0.462 e. The topological polar surface area (TPSA) is 117 Å². The van der Waals surface area contributed by atoms with Crippen molar-refractivity contribution in [3.8, 4) is 0 Å². The molecule has 0 unspecified atom stereocenters. The predicted octanol–water partition coefficient (Wildman–Crippen LogP) is 3.20. The normalized spacial score (nSPS) is 16.1. The summed E-state index contributed by atoms with van der Waals surface area (Å²) in [7, 11) is -3.49. The molecular formula is C26H37N3O6S. The van der Waals surface area contributed by atoms with Crippen molar-refractivity contribution in [1.82, 2.24) is 15.1 Å². The third kappa shape index (κ3) is 6.73. The van der Waals surface area contributed by atoms with Crippen LogP contribution in [-0.2, 0) is 38.7 Å². The van der Waals surface area contributed by atoms with E-state index < -0.39 is 21.1 Å². The van der Waals surface area contributed by atoms with Crippen LogP contribution in [0.2, 0.25) is 0 Å². The molecule has 0 fully saturated rings. The number of hydrogen-bond donors (Lipinski definition) is 1. The average Bonchev–Trinajstić information content (AvgIpc) is 3.18. The number of esters is 1. The van der Waals surface area contributed by atoms with Crippen molar-refractivity contribution in [2.75, 3.05) is 26.4 Å². The highest BCUT2D eigenvalue weighted by Gasteiger charge is 2.25. The molecule has 3 rings (SSSR count). The van der Waals surface area contributed by atoms with E-state index in [1.165, 1.54) is 12.1 Å². The highest BCUT2D eigenvalue weighted by Crippen LogP contribution is 2.22. The van der Waals surface area contributed by atoms with E-state index in [4.69, 9.17) is 14.6 Å². The number of carbonyl (C=O) groups is 2. The fourth-order valence-corrected chi connectivity index (χ4v) is 5.24. The molecule has 0 radical (unpaired) electrons. The number of fused-ring (bicyclic) bond motifs is 1. The Morgan fingerprint density at radius 2 is 1.97 bits per heavy atom. The van der Waals surface area contributed by atoms with Gasteiger partial charge in [0.2, 0.25) is 0 Å². The van der Waals surface area contributed by atoms with E-state index in [-0.39, 0.29) is 28.9 Å². The summed E-state index contributed by atoms with van der Waals surface area (Å²) in [4.78, 5) is 25.7. The molecule has 2 aromatic rings. The lowest BCUT2D eigenvalue weighted by Crippen LogP contribution is -2.28. The molecule has 198 valence electrons. The molecule has 1 aliphatic rings. The lowest BCUT2D eigenvalue weighted by molar-refractivity contribution is 0.0448. The van der Waals surface area contributed by atoms with Crippen molar-refractivity contribution in [2.45, 2.75) is 70.1 Å². The maximum Gasteiger partial charge on any atom is 0.338 e. The number of benzene rings is 1. The number of aryl methyl sites for hydroxylation is 1. The van der Waals surface area contributed by atoms with Gasteiger partial charge in [0.15, 0.2) is 9.84 Å². The maximum atomic E-state index is 12.9. The second kappa shape index (κ2) is 12.5. The van der Waals surface area contributed by atoms with Crippen LogP contribution in [0.25, 0.3) is 0 Å². The van der Waals surface area contributed by atoms with Crippen molar-refractivity contribution in [2.24, 2.45) is 5.92 Å². The molecule has 1 amide bonds. The van der Waals surface area contributed by atoms with Crippen LogP contribution in [0.1, 0.15) is 72.6 Å². The summed E-state index contributed by atoms with van der Waals surface area (Å²) in [5.74, 6) is -0.751. The second-order valence-electron chi connectivity index (χ2n) is 9.44. The first kappa shape index (κ1) is 27.9. The van der Waals surface area contributed by atoms with Crippen molar-refractivity contribution < 1.29 is 27.5 Å². The first-order valence-corrected chi connectivity index (χ1v) is 14.1. The minimum absolute atomic E-state index is 0.0571. The predicted molar refractivity (Wildman–Crippen MR) is 136 cm³/mol. The van der Waals surface area contributed by atoms with E-state index in [1.54, 1.807) is 30.7 Å². The Kier molecular flexibility index (Phi) is 9.67. The van der Waals surface area contributed by atoms with Crippen LogP contribution < -0.4 is 5.32 Å². The van der Waals surface area contributed by atoms with Gasteiger partial charge in [0.25, 0.3) is 5.91 Å². The molecule has 0 aliphatic carbocycles. The molecule has 0 saturated heterocycles. The SMILES string of the molecule is CCn1nc(C[C@@H](C)COC(=O)c2cccc(S(=O)(=O)C(C)C)c2)c2c1C(=O)NCCCOCCC2. The molecular weight excluding hydrogens is 482 g/mol. The summed E-state index contributed by atoms with van der Waals surface area (Å²) in [6, 6.07) is 5.95. The molecule has 0 saturated carbocycles. The van der Waals surface area contributed by atoms with Crippen molar-refractivity contribution in [1.29, 1.82) is 0 Å². The third-order valence-electron chi connectivity index (χ3n) is 6.17. The van der Waals surface area contributed by atoms with E-state index in [1.807, 2.05) is 13.8 Å². The number of rotatable bonds is 8. The Hall–Kier alpha value is -2.72. The number of carbonyl (C=O) groups excluding carboxylic acids is 2. The minimum Gasteiger partial charge on any atom is -0.462 e. The van der Waals surface area contributed by atoms with Gasteiger partial charge in [0.05, 0.1) is 28.0 Å². The Morgan fingerprint density at radius 3 is 2.69 bits per heavy atom. The second-order valence-corrected chi connectivity index (χ2v) is 11.9. The number of ether oxygens (including phenoxy) is 2. The minimum atomic E-state index is -3.49. The van der Waals surface area contributed by atoms with E-state index in [0.717, 1.165) is 24.1 Å². The first-order chi connectivity index (χ1) is 17.1. The molecule has 1 N–H and O–H groups in total. The van der Waals surface area contributed by atoms with Crippen LogP contribution in [-0.4, -0.2) is 61.7 Å². The van der Waals surface area contributed by atoms with Gasteiger partial charge in [-0.2, -0.15) is 5.10 Å². The van der Waals surface area contributed by atoms with Gasteiger partial charge in [0, 0.05) is 31.9 Å². The highest BCUT2D eigenvalue weighted by molar-refractivity contribution is 7.92. The van der Waals surface area contributed by atoms with Gasteiger partial charge in [0.1, 0.15) is 5.69 Å². The molecule has 1 aromatic heterocycles. The molecule has 1 aliphatic heterocycles. The van der Waals surface area contributed by atoms with Crippen LogP contribution in [0.3, 0.4) is 0 Å². The summed E-state index contributed by atoms with van der Waals surface area (Å²) in [6.45, 7) is 9.64. The number of amides is 1. The number of aromatic nitrogens is 2. The number of sulfone groups is 1. The number of nitrogens with zero attached hydrogens (tertiary/aromatic N) is 2. The summed E-state index contributed by atoms with van der Waals surface area (Å²) in [5.41, 5.74) is 2.55. The molecule has 0 spiro atoms. The Balaban J connectivity index is 1.71. The summed E-state index contributed by atoms with van der Waals surface area (Å²) in [6.07, 6.45) is 2.78. The Bertz CT molecular complexity index is 1170. The Labute approximate surface area is 213 Å². The molecule has 10 heteroatoms. The molecule has 0 bridgehead atoms. The zero-order valence-corrected chi connectivity index (χ0v) is 22.4. The monoisotopic (exact) mass is 519 g/mol. The van der Waals surface area contributed by atoms with Gasteiger partial charge in [-0.15, -0.1) is 0 Å². The van der Waals surface area contributed by atoms with Crippen LogP contribution >= 0.6 is 0 Å². The van der Waals surface area contributed by atoms with E-state index in [0.29, 0.717) is 44.8 Å². The fraction of sp³-hybridized carbons (Fsp3) is 0.577. The summed E-state index contributed by atoms with van der Waals surface area (Å²) >= 11 is 0. The fourth-order valence-electron chi connectivity index (χ4n) is 4.13. The van der Waals surface area contributed by atoms with Gasteiger partial charge in [-0.25, -0.2) is 13.2 Å². The average molecular weight is 520 g/mol. The van der Waals surface area contributed by atoms with Crippen LogP contribution in [0.4, 0.5) is 0 Å². The third-order valence-corrected chi connectivity index (χ3v) is 8.33. The van der Waals surface area contributed by atoms with Crippen LogP contribution in [0.5, 0.6) is 0 Å². The highest BCUT2D eigenvalue weighted by atomic mass is 32.2. The van der Waals surface area contributed by atoms with E-state index >= 15 is 0 Å². The zero-order chi connectivity index (χ0) is 26.3. The first-order valence-electron chi connectivity index (χ1n) is 12.6.